The van der Waals surface area contributed by atoms with E-state index in [-0.39, 0.29) is 5.69 Å². The van der Waals surface area contributed by atoms with Crippen LogP contribution in [0.15, 0.2) is 72.8 Å². The summed E-state index contributed by atoms with van der Waals surface area (Å²) in [5.74, 6) is -1.83. The number of halogens is 1. The van der Waals surface area contributed by atoms with Gasteiger partial charge in [-0.2, -0.15) is 0 Å². The van der Waals surface area contributed by atoms with Gasteiger partial charge in [0.2, 0.25) is 5.91 Å². The third kappa shape index (κ3) is 5.84. The first-order valence-electron chi connectivity index (χ1n) is 12.3. The number of nitrogens with zero attached hydrogens (tertiary/aromatic N) is 1. The van der Waals surface area contributed by atoms with Crippen molar-refractivity contribution in [3.8, 4) is 5.75 Å². The lowest BCUT2D eigenvalue weighted by Crippen LogP contribution is -2.50. The molecule has 4 rings (SSSR count). The maximum atomic E-state index is 14.6. The summed E-state index contributed by atoms with van der Waals surface area (Å²) in [6.45, 7) is 4.30. The number of carbonyl (C=O) groups excluding carboxylic acids is 3. The minimum absolute atomic E-state index is 0.0291. The zero-order chi connectivity index (χ0) is 27.2. The molecule has 1 unspecified atom stereocenters. The summed E-state index contributed by atoms with van der Waals surface area (Å²) in [6, 6.07) is 17.4. The Morgan fingerprint density at radius 3 is 2.42 bits per heavy atom. The van der Waals surface area contributed by atoms with E-state index >= 15 is 0 Å². The van der Waals surface area contributed by atoms with Crippen molar-refractivity contribution in [3.05, 3.63) is 95.3 Å². The van der Waals surface area contributed by atoms with Crippen LogP contribution in [0.3, 0.4) is 0 Å². The maximum absolute atomic E-state index is 14.6. The molecule has 0 aliphatic carbocycles. The number of hydrogen-bond donors (Lipinski definition) is 2. The zero-order valence-electron chi connectivity index (χ0n) is 21.4. The molecule has 198 valence electrons. The van der Waals surface area contributed by atoms with Crippen LogP contribution in [0.1, 0.15) is 35.6 Å². The van der Waals surface area contributed by atoms with Crippen LogP contribution in [-0.4, -0.2) is 49.1 Å². The zero-order valence-corrected chi connectivity index (χ0v) is 21.4. The Labute approximate surface area is 220 Å². The van der Waals surface area contributed by atoms with E-state index in [2.05, 4.69) is 10.6 Å². The topological polar surface area (TPSA) is 97.0 Å². The highest BCUT2D eigenvalue weighted by Crippen LogP contribution is 2.32. The molecule has 1 aliphatic rings. The molecule has 4 amide bonds. The summed E-state index contributed by atoms with van der Waals surface area (Å²) in [7, 11) is 1.58. The highest BCUT2D eigenvalue weighted by Gasteiger charge is 2.47. The highest BCUT2D eigenvalue weighted by atomic mass is 19.1. The predicted molar refractivity (Wildman–Crippen MR) is 140 cm³/mol. The van der Waals surface area contributed by atoms with Gasteiger partial charge >= 0.3 is 6.03 Å². The summed E-state index contributed by atoms with van der Waals surface area (Å²) >= 11 is 0. The third-order valence-corrected chi connectivity index (χ3v) is 6.47. The Bertz CT molecular complexity index is 1300. The first-order valence-corrected chi connectivity index (χ1v) is 12.3. The second kappa shape index (κ2) is 11.9. The molecule has 0 saturated carbocycles. The molecule has 0 radical (unpaired) electrons. The molecule has 1 aliphatic heterocycles. The molecule has 0 spiro atoms. The number of urea groups is 1. The average molecular weight is 520 g/mol. The van der Waals surface area contributed by atoms with Crippen LogP contribution in [0.2, 0.25) is 0 Å². The summed E-state index contributed by atoms with van der Waals surface area (Å²) in [4.78, 5) is 41.3. The van der Waals surface area contributed by atoms with Crippen LogP contribution in [0, 0.1) is 12.7 Å². The highest BCUT2D eigenvalue weighted by molar-refractivity contribution is 6.10. The summed E-state index contributed by atoms with van der Waals surface area (Å²) in [5, 5.41) is 5.27. The Morgan fingerprint density at radius 1 is 1.05 bits per heavy atom. The number of methoxy groups -OCH3 is 1. The number of carbonyl (C=O) groups is 3. The van der Waals surface area contributed by atoms with E-state index in [1.165, 1.54) is 12.1 Å². The van der Waals surface area contributed by atoms with Crippen LogP contribution in [0.4, 0.5) is 14.9 Å². The van der Waals surface area contributed by atoms with Crippen LogP contribution in [0.5, 0.6) is 5.75 Å². The van der Waals surface area contributed by atoms with Gasteiger partial charge in [0.15, 0.2) is 0 Å². The molecule has 0 aromatic heterocycles. The van der Waals surface area contributed by atoms with Crippen LogP contribution in [0.25, 0.3) is 0 Å². The van der Waals surface area contributed by atoms with Crippen molar-refractivity contribution < 1.29 is 28.2 Å². The number of aryl methyl sites for hydroxylation is 1. The van der Waals surface area contributed by atoms with Crippen LogP contribution in [-0.2, 0) is 14.3 Å². The molecule has 3 aromatic carbocycles. The first kappa shape index (κ1) is 26.8. The van der Waals surface area contributed by atoms with E-state index in [0.29, 0.717) is 30.1 Å². The van der Waals surface area contributed by atoms with Gasteiger partial charge in [-0.05, 0) is 47.9 Å². The van der Waals surface area contributed by atoms with Gasteiger partial charge in [0.05, 0.1) is 12.3 Å². The number of hydrogen-bond acceptors (Lipinski definition) is 5. The largest absolute Gasteiger partial charge is 0.491 e. The van der Waals surface area contributed by atoms with E-state index in [1.807, 2.05) is 30.3 Å². The minimum Gasteiger partial charge on any atom is -0.491 e. The number of imide groups is 1. The van der Waals surface area contributed by atoms with Crippen molar-refractivity contribution in [2.24, 2.45) is 0 Å². The third-order valence-electron chi connectivity index (χ3n) is 6.47. The van der Waals surface area contributed by atoms with Crippen molar-refractivity contribution in [3.63, 3.8) is 0 Å². The molecule has 0 bridgehead atoms. The Morgan fingerprint density at radius 2 is 1.76 bits per heavy atom. The standard InChI is InChI=1S/C29H30FN3O5/c1-18-9-14-24(23(30)17-18)31-27(34)26(19(2)20-7-5-4-6-8-20)33-28(35)25(32-29(33)36)21-10-12-22(13-11-21)38-16-15-37-3/h4-14,17,19,25-26H,15-16H2,1-3H3,(H,31,34)(H,32,36)/t19?,25-,26+/m1/s1. The van der Waals surface area contributed by atoms with Gasteiger partial charge in [-0.15, -0.1) is 0 Å². The van der Waals surface area contributed by atoms with Gasteiger partial charge in [0.25, 0.3) is 5.91 Å². The molecule has 1 saturated heterocycles. The van der Waals surface area contributed by atoms with Crippen molar-refractivity contribution >= 4 is 23.5 Å². The van der Waals surface area contributed by atoms with Crippen LogP contribution >= 0.6 is 0 Å². The molecule has 3 aromatic rings. The van der Waals surface area contributed by atoms with Gasteiger partial charge < -0.3 is 20.1 Å². The van der Waals surface area contributed by atoms with Gasteiger partial charge in [-0.25, -0.2) is 14.1 Å². The monoisotopic (exact) mass is 519 g/mol. The van der Waals surface area contributed by atoms with E-state index in [4.69, 9.17) is 9.47 Å². The van der Waals surface area contributed by atoms with Crippen molar-refractivity contribution in [1.82, 2.24) is 10.2 Å². The molecular formula is C29H30FN3O5. The van der Waals surface area contributed by atoms with Gasteiger partial charge in [-0.1, -0.05) is 55.5 Å². The summed E-state index contributed by atoms with van der Waals surface area (Å²) in [6.07, 6.45) is 0. The smallest absolute Gasteiger partial charge is 0.325 e. The fourth-order valence-corrected chi connectivity index (χ4v) is 4.42. The number of anilines is 1. The quantitative estimate of drug-likeness (QED) is 0.302. The summed E-state index contributed by atoms with van der Waals surface area (Å²) in [5.41, 5.74) is 1.96. The molecule has 9 heteroatoms. The fourth-order valence-electron chi connectivity index (χ4n) is 4.42. The van der Waals surface area contributed by atoms with Crippen LogP contribution < -0.4 is 15.4 Å². The van der Waals surface area contributed by atoms with Crippen molar-refractivity contribution in [1.29, 1.82) is 0 Å². The van der Waals surface area contributed by atoms with E-state index in [9.17, 15) is 18.8 Å². The molecule has 3 atom stereocenters. The van der Waals surface area contributed by atoms with Gasteiger partial charge in [0.1, 0.15) is 30.3 Å². The van der Waals surface area contributed by atoms with Gasteiger partial charge in [0, 0.05) is 13.0 Å². The average Bonchev–Trinajstić information content (AvgIpc) is 3.20. The number of rotatable bonds is 10. The van der Waals surface area contributed by atoms with E-state index in [0.717, 1.165) is 10.5 Å². The first-order chi connectivity index (χ1) is 18.3. The molecule has 38 heavy (non-hydrogen) atoms. The molecular weight excluding hydrogens is 489 g/mol. The lowest BCUT2D eigenvalue weighted by molar-refractivity contribution is -0.134. The van der Waals surface area contributed by atoms with E-state index in [1.54, 1.807) is 51.3 Å². The molecule has 1 heterocycles. The molecule has 2 N–H and O–H groups in total. The van der Waals surface area contributed by atoms with Crippen molar-refractivity contribution in [2.45, 2.75) is 31.8 Å². The minimum atomic E-state index is -1.23. The fraction of sp³-hybridized carbons (Fsp3) is 0.276. The number of nitrogens with one attached hydrogen (secondary N) is 2. The summed E-state index contributed by atoms with van der Waals surface area (Å²) < 4.78 is 25.1. The lowest BCUT2D eigenvalue weighted by Gasteiger charge is -2.30. The SMILES string of the molecule is COCCOc1ccc([C@H]2NC(=O)N([C@H](C(=O)Nc3ccc(C)cc3F)C(C)c3ccccc3)C2=O)cc1. The maximum Gasteiger partial charge on any atom is 0.325 e. The second-order valence-electron chi connectivity index (χ2n) is 9.12. The van der Waals surface area contributed by atoms with Crippen molar-refractivity contribution in [2.75, 3.05) is 25.6 Å². The number of ether oxygens (including phenoxy) is 2. The molecule has 8 nitrogen and oxygen atoms in total. The predicted octanol–water partition coefficient (Wildman–Crippen LogP) is 4.56. The second-order valence-corrected chi connectivity index (χ2v) is 9.12. The Hall–Kier alpha value is -4.24. The Kier molecular flexibility index (Phi) is 8.38. The lowest BCUT2D eigenvalue weighted by atomic mass is 9.91. The molecule has 1 fully saturated rings. The van der Waals surface area contributed by atoms with Gasteiger partial charge in [-0.3, -0.25) is 9.59 Å². The number of amides is 4. The normalized spacial score (nSPS) is 16.6. The van der Waals surface area contributed by atoms with E-state index < -0.39 is 41.7 Å². The Balaban J connectivity index is 1.62. The number of benzene rings is 3.